The lowest BCUT2D eigenvalue weighted by Gasteiger charge is -2.42. The molecule has 5 nitrogen and oxygen atoms in total. The number of nitriles is 1. The first kappa shape index (κ1) is 11.8. The first-order chi connectivity index (χ1) is 7.43. The maximum atomic E-state index is 11.5. The summed E-state index contributed by atoms with van der Waals surface area (Å²) >= 11 is 0. The van der Waals surface area contributed by atoms with Crippen molar-refractivity contribution in [3.05, 3.63) is 0 Å². The van der Waals surface area contributed by atoms with Gasteiger partial charge in [-0.1, -0.05) is 0 Å². The number of hydrogen-bond acceptors (Lipinski definition) is 5. The maximum Gasteiger partial charge on any atom is 0.152 e. The van der Waals surface area contributed by atoms with Crippen LogP contribution in [0.25, 0.3) is 0 Å². The van der Waals surface area contributed by atoms with Crippen molar-refractivity contribution in [2.24, 2.45) is 5.41 Å². The quantitative estimate of drug-likeness (QED) is 0.644. The van der Waals surface area contributed by atoms with Crippen LogP contribution in [0.3, 0.4) is 0 Å². The van der Waals surface area contributed by atoms with Crippen molar-refractivity contribution in [1.29, 1.82) is 5.26 Å². The van der Waals surface area contributed by atoms with Crippen LogP contribution in [-0.4, -0.2) is 43.7 Å². The van der Waals surface area contributed by atoms with Crippen molar-refractivity contribution in [3.63, 3.8) is 0 Å². The van der Waals surface area contributed by atoms with Gasteiger partial charge in [0.05, 0.1) is 23.2 Å². The van der Waals surface area contributed by atoms with E-state index >= 15 is 0 Å². The van der Waals surface area contributed by atoms with Gasteiger partial charge in [0, 0.05) is 6.54 Å². The van der Waals surface area contributed by atoms with Crippen LogP contribution in [0.2, 0.25) is 0 Å². The van der Waals surface area contributed by atoms with Gasteiger partial charge in [0.25, 0.3) is 0 Å². The molecule has 2 aliphatic rings. The average molecular weight is 244 g/mol. The highest BCUT2D eigenvalue weighted by molar-refractivity contribution is 7.91. The van der Waals surface area contributed by atoms with Crippen molar-refractivity contribution in [3.8, 4) is 6.07 Å². The van der Waals surface area contributed by atoms with Crippen molar-refractivity contribution in [2.75, 3.05) is 24.6 Å². The van der Waals surface area contributed by atoms with Gasteiger partial charge in [-0.05, 0) is 25.8 Å². The van der Waals surface area contributed by atoms with E-state index < -0.39 is 20.9 Å². The van der Waals surface area contributed by atoms with Crippen LogP contribution < -0.4 is 5.32 Å². The van der Waals surface area contributed by atoms with E-state index in [2.05, 4.69) is 11.4 Å². The molecule has 2 unspecified atom stereocenters. The topological polar surface area (TPSA) is 90.2 Å². The molecule has 0 aliphatic carbocycles. The molecular formula is C10H16N2O3S. The van der Waals surface area contributed by atoms with Gasteiger partial charge in [0.1, 0.15) is 5.41 Å². The predicted octanol–water partition coefficient (Wildman–Crippen LogP) is -0.571. The largest absolute Gasteiger partial charge is 0.387 e. The average Bonchev–Trinajstić information content (AvgIpc) is 2.57. The normalized spacial score (nSPS) is 42.8. The molecule has 2 heterocycles. The Morgan fingerprint density at radius 3 is 2.56 bits per heavy atom. The second kappa shape index (κ2) is 3.69. The van der Waals surface area contributed by atoms with E-state index in [1.165, 1.54) is 0 Å². The fourth-order valence-electron chi connectivity index (χ4n) is 2.71. The lowest BCUT2D eigenvalue weighted by molar-refractivity contribution is -0.0606. The van der Waals surface area contributed by atoms with E-state index in [4.69, 9.17) is 0 Å². The highest BCUT2D eigenvalue weighted by Gasteiger charge is 2.57. The van der Waals surface area contributed by atoms with E-state index in [0.29, 0.717) is 13.0 Å². The Bertz CT molecular complexity index is 420. The molecule has 0 aromatic carbocycles. The highest BCUT2D eigenvalue weighted by Crippen LogP contribution is 2.44. The lowest BCUT2D eigenvalue weighted by Crippen LogP contribution is -2.57. The Morgan fingerprint density at radius 2 is 2.12 bits per heavy atom. The van der Waals surface area contributed by atoms with Crippen LogP contribution in [0.1, 0.15) is 19.3 Å². The molecule has 2 N–H and O–H groups in total. The fourth-order valence-corrected chi connectivity index (χ4v) is 4.74. The second-order valence-corrected chi connectivity index (χ2v) is 7.03. The molecule has 0 bridgehead atoms. The molecule has 2 rings (SSSR count). The van der Waals surface area contributed by atoms with Crippen molar-refractivity contribution in [1.82, 2.24) is 5.32 Å². The van der Waals surface area contributed by atoms with Gasteiger partial charge in [-0.3, -0.25) is 0 Å². The number of hydrogen-bond donors (Lipinski definition) is 2. The second-order valence-electron chi connectivity index (χ2n) is 4.85. The zero-order chi connectivity index (χ0) is 11.9. The van der Waals surface area contributed by atoms with E-state index in [1.807, 2.05) is 0 Å². The van der Waals surface area contributed by atoms with Gasteiger partial charge in [-0.25, -0.2) is 8.42 Å². The molecule has 2 atom stereocenters. The summed E-state index contributed by atoms with van der Waals surface area (Å²) in [5.41, 5.74) is -2.30. The molecule has 0 radical (unpaired) electrons. The first-order valence-corrected chi connectivity index (χ1v) is 7.30. The van der Waals surface area contributed by atoms with E-state index in [1.54, 1.807) is 0 Å². The number of piperidine rings is 1. The predicted molar refractivity (Wildman–Crippen MR) is 58.4 cm³/mol. The Morgan fingerprint density at radius 1 is 1.38 bits per heavy atom. The number of nitrogens with one attached hydrogen (secondary N) is 1. The van der Waals surface area contributed by atoms with Crippen molar-refractivity contribution < 1.29 is 13.5 Å². The van der Waals surface area contributed by atoms with Gasteiger partial charge < -0.3 is 10.4 Å². The standard InChI is InChI=1S/C10H16N2O3S/c11-6-9(3-5-16(14,15)8-9)10(13)2-1-4-12-7-10/h12-13H,1-5,7-8H2. The molecule has 16 heavy (non-hydrogen) atoms. The molecule has 0 saturated carbocycles. The SMILES string of the molecule is N#CC1(C2(O)CCCNC2)CCS(=O)(=O)C1. The van der Waals surface area contributed by atoms with Gasteiger partial charge >= 0.3 is 0 Å². The van der Waals surface area contributed by atoms with Crippen LogP contribution >= 0.6 is 0 Å². The Hall–Kier alpha value is -0.640. The smallest absolute Gasteiger partial charge is 0.152 e. The Balaban J connectivity index is 2.33. The third kappa shape index (κ3) is 1.73. The molecule has 0 amide bonds. The zero-order valence-corrected chi connectivity index (χ0v) is 9.89. The summed E-state index contributed by atoms with van der Waals surface area (Å²) in [5.74, 6) is -0.183. The van der Waals surface area contributed by atoms with Crippen LogP contribution in [0.4, 0.5) is 0 Å². The van der Waals surface area contributed by atoms with E-state index in [-0.39, 0.29) is 17.9 Å². The van der Waals surface area contributed by atoms with Gasteiger partial charge in [0.2, 0.25) is 0 Å². The van der Waals surface area contributed by atoms with Crippen LogP contribution in [0, 0.1) is 16.7 Å². The summed E-state index contributed by atoms with van der Waals surface area (Å²) in [6.45, 7) is 1.13. The molecular weight excluding hydrogens is 228 g/mol. The molecule has 2 saturated heterocycles. The molecule has 6 heteroatoms. The summed E-state index contributed by atoms with van der Waals surface area (Å²) in [6, 6.07) is 2.07. The summed E-state index contributed by atoms with van der Waals surface area (Å²) in [7, 11) is -3.16. The number of rotatable bonds is 1. The van der Waals surface area contributed by atoms with E-state index in [9.17, 15) is 18.8 Å². The fraction of sp³-hybridized carbons (Fsp3) is 0.900. The maximum absolute atomic E-state index is 11.5. The summed E-state index contributed by atoms with van der Waals surface area (Å²) in [6.07, 6.45) is 1.53. The minimum absolute atomic E-state index is 0.0167. The molecule has 90 valence electrons. The Kier molecular flexibility index (Phi) is 2.73. The number of β-amino-alcohol motifs (C(OH)–C–C–N with tert-alkyl or cyclic N) is 1. The van der Waals surface area contributed by atoms with Crippen LogP contribution in [0.15, 0.2) is 0 Å². The lowest BCUT2D eigenvalue weighted by atomic mass is 9.69. The molecule has 2 fully saturated rings. The van der Waals surface area contributed by atoms with E-state index in [0.717, 1.165) is 13.0 Å². The third-order valence-electron chi connectivity index (χ3n) is 3.77. The molecule has 0 spiro atoms. The van der Waals surface area contributed by atoms with Crippen LogP contribution in [-0.2, 0) is 9.84 Å². The molecule has 0 aromatic rings. The summed E-state index contributed by atoms with van der Waals surface area (Å²) < 4.78 is 23.0. The van der Waals surface area contributed by atoms with Crippen molar-refractivity contribution >= 4 is 9.84 Å². The number of aliphatic hydroxyl groups is 1. The van der Waals surface area contributed by atoms with Crippen LogP contribution in [0.5, 0.6) is 0 Å². The first-order valence-electron chi connectivity index (χ1n) is 5.48. The van der Waals surface area contributed by atoms with Gasteiger partial charge in [-0.15, -0.1) is 0 Å². The molecule has 0 aromatic heterocycles. The minimum Gasteiger partial charge on any atom is -0.387 e. The highest BCUT2D eigenvalue weighted by atomic mass is 32.2. The van der Waals surface area contributed by atoms with Gasteiger partial charge in [-0.2, -0.15) is 5.26 Å². The molecule has 2 aliphatic heterocycles. The third-order valence-corrected chi connectivity index (χ3v) is 5.53. The van der Waals surface area contributed by atoms with Gasteiger partial charge in [0.15, 0.2) is 9.84 Å². The minimum atomic E-state index is -3.16. The number of nitrogens with zero attached hydrogens (tertiary/aromatic N) is 1. The summed E-state index contributed by atoms with van der Waals surface area (Å²) in [4.78, 5) is 0. The zero-order valence-electron chi connectivity index (χ0n) is 9.07. The summed E-state index contributed by atoms with van der Waals surface area (Å²) in [5, 5.41) is 22.8. The van der Waals surface area contributed by atoms with Crippen molar-refractivity contribution in [2.45, 2.75) is 24.9 Å². The monoisotopic (exact) mass is 244 g/mol. The number of sulfone groups is 1. The Labute approximate surface area is 95.4 Å².